The Bertz CT molecular complexity index is 333. The number of aliphatic hydroxyl groups excluding tert-OH is 1. The highest BCUT2D eigenvalue weighted by Gasteiger charge is 2.12. The van der Waals surface area contributed by atoms with E-state index in [2.05, 4.69) is 12.1 Å². The Balaban J connectivity index is 2.26. The summed E-state index contributed by atoms with van der Waals surface area (Å²) in [5, 5.41) is 8.64. The van der Waals surface area contributed by atoms with Crippen LogP contribution in [-0.4, -0.2) is 5.11 Å². The first-order valence-electron chi connectivity index (χ1n) is 3.99. The van der Waals surface area contributed by atoms with Crippen molar-refractivity contribution in [3.8, 4) is 0 Å². The van der Waals surface area contributed by atoms with Gasteiger partial charge in [0, 0.05) is 6.42 Å². The van der Waals surface area contributed by atoms with Crippen molar-refractivity contribution < 1.29 is 5.11 Å². The van der Waals surface area contributed by atoms with Crippen molar-refractivity contribution in [1.29, 1.82) is 0 Å². The Morgan fingerprint density at radius 1 is 1.17 bits per heavy atom. The van der Waals surface area contributed by atoms with Gasteiger partial charge in [0.1, 0.15) is 0 Å². The molecule has 12 heavy (non-hydrogen) atoms. The number of hydrogen-bond acceptors (Lipinski definition) is 1. The van der Waals surface area contributed by atoms with Crippen LogP contribution in [0.15, 0.2) is 48.2 Å². The van der Waals surface area contributed by atoms with E-state index in [0.29, 0.717) is 0 Å². The van der Waals surface area contributed by atoms with Gasteiger partial charge in [-0.1, -0.05) is 36.4 Å². The van der Waals surface area contributed by atoms with Gasteiger partial charge in [0.05, 0.1) is 6.26 Å². The predicted molar refractivity (Wildman–Crippen MR) is 49.7 cm³/mol. The molecule has 2 rings (SSSR count). The molecular weight excluding hydrogens is 148 g/mol. The van der Waals surface area contributed by atoms with E-state index in [1.807, 2.05) is 24.3 Å². The fraction of sp³-hybridized carbons (Fsp3) is 0.0909. The molecule has 1 heteroatoms. The number of rotatable bonds is 1. The lowest BCUT2D eigenvalue weighted by Crippen LogP contribution is -1.97. The highest BCUT2D eigenvalue weighted by atomic mass is 16.2. The zero-order chi connectivity index (χ0) is 8.39. The normalized spacial score (nSPS) is 18.7. The standard InChI is InChI=1S/C11H10O/c12-8-9-6-11(7-9)10-4-2-1-3-5-10/h1-6,8,12H,7H2/b9-8-. The summed E-state index contributed by atoms with van der Waals surface area (Å²) in [6.07, 6.45) is 4.07. The fourth-order valence-electron chi connectivity index (χ4n) is 1.34. The molecule has 0 unspecified atom stereocenters. The third kappa shape index (κ3) is 1.14. The third-order valence-electron chi connectivity index (χ3n) is 2.06. The summed E-state index contributed by atoms with van der Waals surface area (Å²) in [4.78, 5) is 0. The molecule has 0 amide bonds. The molecule has 0 saturated heterocycles. The van der Waals surface area contributed by atoms with Crippen LogP contribution in [-0.2, 0) is 0 Å². The maximum Gasteiger partial charge on any atom is 0.0827 e. The predicted octanol–water partition coefficient (Wildman–Crippen LogP) is 2.92. The molecule has 60 valence electrons. The Kier molecular flexibility index (Phi) is 1.71. The number of aliphatic hydroxyl groups is 1. The second-order valence-corrected chi connectivity index (χ2v) is 2.92. The van der Waals surface area contributed by atoms with Crippen LogP contribution in [0.1, 0.15) is 12.0 Å². The quantitative estimate of drug-likeness (QED) is 0.623. The largest absolute Gasteiger partial charge is 0.515 e. The van der Waals surface area contributed by atoms with Crippen molar-refractivity contribution in [3.63, 3.8) is 0 Å². The monoisotopic (exact) mass is 158 g/mol. The van der Waals surface area contributed by atoms with Crippen molar-refractivity contribution in [2.45, 2.75) is 6.42 Å². The van der Waals surface area contributed by atoms with E-state index in [4.69, 9.17) is 5.11 Å². The molecule has 0 aromatic heterocycles. The Labute approximate surface area is 71.7 Å². The highest BCUT2D eigenvalue weighted by molar-refractivity contribution is 5.77. The molecule has 1 aromatic carbocycles. The average Bonchev–Trinajstić information content (AvgIpc) is 2.04. The lowest BCUT2D eigenvalue weighted by molar-refractivity contribution is 0.467. The summed E-state index contributed by atoms with van der Waals surface area (Å²) in [7, 11) is 0. The van der Waals surface area contributed by atoms with Crippen molar-refractivity contribution >= 4 is 5.57 Å². The van der Waals surface area contributed by atoms with Gasteiger partial charge in [0.15, 0.2) is 0 Å². The molecule has 1 aliphatic rings. The van der Waals surface area contributed by atoms with Gasteiger partial charge >= 0.3 is 0 Å². The van der Waals surface area contributed by atoms with Crippen LogP contribution < -0.4 is 0 Å². The number of hydrogen-bond donors (Lipinski definition) is 1. The van der Waals surface area contributed by atoms with E-state index in [9.17, 15) is 0 Å². The second-order valence-electron chi connectivity index (χ2n) is 2.92. The number of allylic oxidation sites excluding steroid dienone is 3. The van der Waals surface area contributed by atoms with Crippen molar-refractivity contribution in [3.05, 3.63) is 53.8 Å². The summed E-state index contributed by atoms with van der Waals surface area (Å²) >= 11 is 0. The van der Waals surface area contributed by atoms with Crippen LogP contribution >= 0.6 is 0 Å². The first-order chi connectivity index (χ1) is 5.90. The molecule has 0 aliphatic heterocycles. The molecule has 1 N–H and O–H groups in total. The van der Waals surface area contributed by atoms with Gasteiger partial charge < -0.3 is 5.11 Å². The van der Waals surface area contributed by atoms with Crippen LogP contribution in [0.4, 0.5) is 0 Å². The van der Waals surface area contributed by atoms with E-state index in [0.717, 1.165) is 12.0 Å². The molecule has 0 fully saturated rings. The molecule has 0 saturated carbocycles. The Morgan fingerprint density at radius 2 is 1.83 bits per heavy atom. The lowest BCUT2D eigenvalue weighted by atomic mass is 9.88. The minimum atomic E-state index is 0.889. The van der Waals surface area contributed by atoms with Gasteiger partial charge in [-0.15, -0.1) is 0 Å². The smallest absolute Gasteiger partial charge is 0.0827 e. The molecule has 1 nitrogen and oxygen atoms in total. The molecule has 0 atom stereocenters. The maximum atomic E-state index is 8.64. The van der Waals surface area contributed by atoms with Crippen LogP contribution in [0.5, 0.6) is 0 Å². The Morgan fingerprint density at radius 3 is 2.42 bits per heavy atom. The van der Waals surface area contributed by atoms with Gasteiger partial charge in [-0.2, -0.15) is 0 Å². The minimum Gasteiger partial charge on any atom is -0.515 e. The van der Waals surface area contributed by atoms with Crippen molar-refractivity contribution in [2.24, 2.45) is 0 Å². The van der Waals surface area contributed by atoms with E-state index in [1.54, 1.807) is 0 Å². The minimum absolute atomic E-state index is 0.889. The SMILES string of the molecule is O/C=C1/C=C(c2ccccc2)C1. The maximum absolute atomic E-state index is 8.64. The van der Waals surface area contributed by atoms with E-state index in [1.165, 1.54) is 17.4 Å². The molecule has 0 spiro atoms. The molecule has 1 aliphatic carbocycles. The third-order valence-corrected chi connectivity index (χ3v) is 2.06. The van der Waals surface area contributed by atoms with Gasteiger partial charge in [-0.3, -0.25) is 0 Å². The molecule has 0 radical (unpaired) electrons. The topological polar surface area (TPSA) is 20.2 Å². The van der Waals surface area contributed by atoms with Gasteiger partial charge in [0.25, 0.3) is 0 Å². The van der Waals surface area contributed by atoms with Crippen LogP contribution in [0.2, 0.25) is 0 Å². The average molecular weight is 158 g/mol. The first-order valence-corrected chi connectivity index (χ1v) is 3.99. The highest BCUT2D eigenvalue weighted by Crippen LogP contribution is 2.32. The lowest BCUT2D eigenvalue weighted by Gasteiger charge is -2.17. The first kappa shape index (κ1) is 7.17. The number of benzene rings is 1. The van der Waals surface area contributed by atoms with Crippen LogP contribution in [0.25, 0.3) is 5.57 Å². The van der Waals surface area contributed by atoms with Crippen LogP contribution in [0, 0.1) is 0 Å². The summed E-state index contributed by atoms with van der Waals surface area (Å²) in [5.41, 5.74) is 3.56. The summed E-state index contributed by atoms with van der Waals surface area (Å²) in [6.45, 7) is 0. The Hall–Kier alpha value is -1.50. The van der Waals surface area contributed by atoms with Gasteiger partial charge in [-0.05, 0) is 16.7 Å². The van der Waals surface area contributed by atoms with E-state index >= 15 is 0 Å². The molecule has 0 bridgehead atoms. The molecular formula is C11H10O. The zero-order valence-corrected chi connectivity index (χ0v) is 6.70. The molecule has 0 heterocycles. The molecule has 1 aromatic rings. The van der Waals surface area contributed by atoms with Crippen molar-refractivity contribution in [2.75, 3.05) is 0 Å². The van der Waals surface area contributed by atoms with Gasteiger partial charge in [-0.25, -0.2) is 0 Å². The van der Waals surface area contributed by atoms with E-state index in [-0.39, 0.29) is 0 Å². The van der Waals surface area contributed by atoms with Gasteiger partial charge in [0.2, 0.25) is 0 Å². The van der Waals surface area contributed by atoms with Crippen molar-refractivity contribution in [1.82, 2.24) is 0 Å². The van der Waals surface area contributed by atoms with Crippen LogP contribution in [0.3, 0.4) is 0 Å². The summed E-state index contributed by atoms with van der Waals surface area (Å²) < 4.78 is 0. The van der Waals surface area contributed by atoms with E-state index < -0.39 is 0 Å². The summed E-state index contributed by atoms with van der Waals surface area (Å²) in [6, 6.07) is 10.2. The zero-order valence-electron chi connectivity index (χ0n) is 6.70. The fourth-order valence-corrected chi connectivity index (χ4v) is 1.34. The second kappa shape index (κ2) is 2.86. The summed E-state index contributed by atoms with van der Waals surface area (Å²) in [5.74, 6) is 0.